The number of esters is 1. The Morgan fingerprint density at radius 1 is 1.16 bits per heavy atom. The molecule has 14 heteroatoms. The molecule has 0 aliphatic carbocycles. The molecule has 1 aliphatic rings. The van der Waals surface area contributed by atoms with Gasteiger partial charge in [-0.1, -0.05) is 62.4 Å². The maximum Gasteiger partial charge on any atom is 0.459 e. The molecular weight excluding hydrogens is 579 g/mol. The van der Waals surface area contributed by atoms with Gasteiger partial charge in [0.2, 0.25) is 0 Å². The number of carbonyl (C=O) groups is 1. The molecule has 232 valence electrons. The first kappa shape index (κ1) is 32.3. The Morgan fingerprint density at radius 2 is 1.81 bits per heavy atom. The fourth-order valence-electron chi connectivity index (χ4n) is 4.48. The molecule has 2 heterocycles. The molecule has 0 bridgehead atoms. The van der Waals surface area contributed by atoms with E-state index in [1.165, 1.54) is 19.2 Å². The lowest BCUT2D eigenvalue weighted by molar-refractivity contribution is -0.148. The fourth-order valence-corrected chi connectivity index (χ4v) is 6.01. The molecule has 1 aromatic heterocycles. The summed E-state index contributed by atoms with van der Waals surface area (Å²) < 4.78 is 38.2. The molecule has 2 unspecified atom stereocenters. The summed E-state index contributed by atoms with van der Waals surface area (Å²) in [5.41, 5.74) is 3.71. The number of para-hydroxylation sites is 1. The van der Waals surface area contributed by atoms with Crippen molar-refractivity contribution in [2.24, 2.45) is 5.92 Å². The van der Waals surface area contributed by atoms with Gasteiger partial charge in [-0.3, -0.25) is 13.9 Å². The van der Waals surface area contributed by atoms with Gasteiger partial charge >= 0.3 is 19.4 Å². The maximum atomic E-state index is 14.3. The van der Waals surface area contributed by atoms with E-state index in [-0.39, 0.29) is 24.1 Å². The van der Waals surface area contributed by atoms with Crippen LogP contribution in [0, 0.1) is 5.92 Å². The van der Waals surface area contributed by atoms with E-state index >= 15 is 0 Å². The third-order valence-electron chi connectivity index (χ3n) is 6.80. The van der Waals surface area contributed by atoms with Gasteiger partial charge in [0.25, 0.3) is 0 Å². The normalized spacial score (nSPS) is 23.9. The van der Waals surface area contributed by atoms with Crippen molar-refractivity contribution in [3.8, 4) is 5.75 Å². The van der Waals surface area contributed by atoms with E-state index in [9.17, 15) is 24.4 Å². The Balaban J connectivity index is 1.57. The highest BCUT2D eigenvalue weighted by molar-refractivity contribution is 7.52. The third kappa shape index (κ3) is 8.29. The van der Waals surface area contributed by atoms with Gasteiger partial charge in [-0.15, -0.1) is 0 Å². The molecule has 43 heavy (non-hydrogen) atoms. The first-order chi connectivity index (χ1) is 20.4. The van der Waals surface area contributed by atoms with Gasteiger partial charge in [0, 0.05) is 6.20 Å². The zero-order valence-corrected chi connectivity index (χ0v) is 25.0. The molecule has 2 aromatic carbocycles. The molecule has 0 amide bonds. The van der Waals surface area contributed by atoms with E-state index in [1.54, 1.807) is 44.2 Å². The zero-order valence-electron chi connectivity index (χ0n) is 24.1. The molecule has 0 radical (unpaired) electrons. The van der Waals surface area contributed by atoms with Crippen molar-refractivity contribution in [3.63, 3.8) is 0 Å². The molecule has 13 nitrogen and oxygen atoms in total. The molecule has 0 spiro atoms. The first-order valence-electron chi connectivity index (χ1n) is 13.8. The van der Waals surface area contributed by atoms with Crippen LogP contribution in [0.15, 0.2) is 77.7 Å². The van der Waals surface area contributed by atoms with Crippen LogP contribution in [0.5, 0.6) is 5.75 Å². The molecule has 4 rings (SSSR count). The number of nitrogens with one attached hydrogen (secondary N) is 1. The van der Waals surface area contributed by atoms with Crippen molar-refractivity contribution in [2.75, 3.05) is 18.9 Å². The lowest BCUT2D eigenvalue weighted by Crippen LogP contribution is -2.46. The fraction of sp³-hybridized carbons (Fsp3) is 0.414. The minimum absolute atomic E-state index is 0.0199. The molecule has 0 saturated carbocycles. The largest absolute Gasteiger partial charge is 0.464 e. The Labute approximate surface area is 249 Å². The van der Waals surface area contributed by atoms with Crippen LogP contribution in [0.3, 0.4) is 0 Å². The van der Waals surface area contributed by atoms with Crippen molar-refractivity contribution in [2.45, 2.75) is 57.3 Å². The number of aliphatic hydroxyl groups is 2. The second-order valence-corrected chi connectivity index (χ2v) is 12.4. The summed E-state index contributed by atoms with van der Waals surface area (Å²) in [6.07, 6.45) is -2.54. The highest BCUT2D eigenvalue weighted by Gasteiger charge is 2.54. The van der Waals surface area contributed by atoms with E-state index < -0.39 is 56.1 Å². The Bertz CT molecular complexity index is 1470. The van der Waals surface area contributed by atoms with E-state index in [0.29, 0.717) is 6.42 Å². The summed E-state index contributed by atoms with van der Waals surface area (Å²) in [7, 11) is -4.26. The van der Waals surface area contributed by atoms with Crippen LogP contribution in [0.1, 0.15) is 32.6 Å². The summed E-state index contributed by atoms with van der Waals surface area (Å²) >= 11 is 0. The van der Waals surface area contributed by atoms with Gasteiger partial charge in [-0.25, -0.2) is 14.4 Å². The summed E-state index contributed by atoms with van der Waals surface area (Å²) in [5.74, 6) is -0.587. The predicted octanol–water partition coefficient (Wildman–Crippen LogP) is 2.44. The number of aromatic nitrogens is 2. The molecular formula is C29H37N4O9P. The SMILES string of the molecule is CC(C)C(=O)OC[C@H](Cc1ccccc1)NP(=O)(OC[C@H]1OC(n2ccc(N)nc2=O)[C@](C)(O)[C@@H]1O)Oc1ccccc1. The molecule has 1 saturated heterocycles. The van der Waals surface area contributed by atoms with Gasteiger partial charge < -0.3 is 29.9 Å². The van der Waals surface area contributed by atoms with Crippen LogP contribution >= 0.6 is 7.75 Å². The second-order valence-electron chi connectivity index (χ2n) is 10.7. The Kier molecular flexibility index (Phi) is 10.4. The smallest absolute Gasteiger partial charge is 0.459 e. The van der Waals surface area contributed by atoms with Crippen molar-refractivity contribution >= 4 is 19.5 Å². The standard InChI is InChI=1S/C29H37N4O9P/c1-19(2)26(35)39-17-21(16-20-10-6-4-7-11-20)32-43(38,42-22-12-8-5-9-13-22)40-18-23-25(34)29(3,37)27(41-23)33-15-14-24(30)31-28(33)36/h4-15,19,21,23,25,27,34,37H,16-18H2,1-3H3,(H,32,38)(H2,30,31,36)/t21-,23+,25+,27?,29+,43?/m0/s1. The van der Waals surface area contributed by atoms with E-state index in [2.05, 4.69) is 10.1 Å². The number of ether oxygens (including phenoxy) is 2. The number of carbonyl (C=O) groups excluding carboxylic acids is 1. The van der Waals surface area contributed by atoms with Crippen LogP contribution in [0.25, 0.3) is 0 Å². The van der Waals surface area contributed by atoms with Crippen LogP contribution in [-0.2, 0) is 29.8 Å². The third-order valence-corrected chi connectivity index (χ3v) is 8.42. The topological polar surface area (TPSA) is 184 Å². The van der Waals surface area contributed by atoms with Crippen LogP contribution < -0.4 is 21.0 Å². The molecule has 1 aliphatic heterocycles. The summed E-state index contributed by atoms with van der Waals surface area (Å²) in [6, 6.07) is 18.3. The number of anilines is 1. The quantitative estimate of drug-likeness (QED) is 0.163. The number of hydrogen-bond donors (Lipinski definition) is 4. The van der Waals surface area contributed by atoms with Crippen LogP contribution in [0.2, 0.25) is 0 Å². The minimum atomic E-state index is -4.26. The number of hydrogen-bond acceptors (Lipinski definition) is 11. The maximum absolute atomic E-state index is 14.3. The number of rotatable bonds is 13. The average molecular weight is 617 g/mol. The Morgan fingerprint density at radius 3 is 2.44 bits per heavy atom. The minimum Gasteiger partial charge on any atom is -0.464 e. The second kappa shape index (κ2) is 13.8. The van der Waals surface area contributed by atoms with E-state index in [4.69, 9.17) is 24.3 Å². The van der Waals surface area contributed by atoms with Crippen LogP contribution in [-0.4, -0.2) is 62.8 Å². The number of benzene rings is 2. The number of nitrogens with zero attached hydrogens (tertiary/aromatic N) is 2. The van der Waals surface area contributed by atoms with Gasteiger partial charge in [-0.05, 0) is 37.1 Å². The van der Waals surface area contributed by atoms with Crippen molar-refractivity contribution in [1.82, 2.24) is 14.6 Å². The van der Waals surface area contributed by atoms with Crippen molar-refractivity contribution in [3.05, 3.63) is 89.0 Å². The Hall–Kier alpha value is -3.58. The van der Waals surface area contributed by atoms with Crippen molar-refractivity contribution < 1.29 is 38.1 Å². The number of aliphatic hydroxyl groups excluding tert-OH is 1. The number of nitrogen functional groups attached to an aromatic ring is 1. The monoisotopic (exact) mass is 616 g/mol. The van der Waals surface area contributed by atoms with Gasteiger partial charge in [0.15, 0.2) is 6.23 Å². The molecule has 1 fully saturated rings. The molecule has 6 atom stereocenters. The molecule has 3 aromatic rings. The lowest BCUT2D eigenvalue weighted by Gasteiger charge is -2.28. The lowest BCUT2D eigenvalue weighted by atomic mass is 9.96. The summed E-state index contributed by atoms with van der Waals surface area (Å²) in [6.45, 7) is 4.06. The van der Waals surface area contributed by atoms with E-state index in [0.717, 1.165) is 10.1 Å². The van der Waals surface area contributed by atoms with Crippen LogP contribution in [0.4, 0.5) is 5.82 Å². The number of nitrogens with two attached hydrogens (primary N) is 1. The zero-order chi connectivity index (χ0) is 31.2. The van der Waals surface area contributed by atoms with Gasteiger partial charge in [0.1, 0.15) is 36.0 Å². The average Bonchev–Trinajstić information content (AvgIpc) is 3.19. The van der Waals surface area contributed by atoms with Crippen molar-refractivity contribution in [1.29, 1.82) is 0 Å². The molecule has 5 N–H and O–H groups in total. The predicted molar refractivity (Wildman–Crippen MR) is 157 cm³/mol. The highest BCUT2D eigenvalue weighted by Crippen LogP contribution is 2.47. The first-order valence-corrected chi connectivity index (χ1v) is 15.3. The van der Waals surface area contributed by atoms with E-state index in [1.807, 2.05) is 30.3 Å². The van der Waals surface area contributed by atoms with Gasteiger partial charge in [0.05, 0.1) is 18.6 Å². The van der Waals surface area contributed by atoms with Gasteiger partial charge in [-0.2, -0.15) is 4.98 Å². The summed E-state index contributed by atoms with van der Waals surface area (Å²) in [5, 5.41) is 24.9. The highest BCUT2D eigenvalue weighted by atomic mass is 31.2. The summed E-state index contributed by atoms with van der Waals surface area (Å²) in [4.78, 5) is 28.3.